The second kappa shape index (κ2) is 7.28. The predicted molar refractivity (Wildman–Crippen MR) is 107 cm³/mol. The van der Waals surface area contributed by atoms with Gasteiger partial charge in [-0.05, 0) is 24.1 Å². The van der Waals surface area contributed by atoms with E-state index in [9.17, 15) is 13.2 Å². The molecular formula is C19H24ClN3O3S. The van der Waals surface area contributed by atoms with E-state index in [1.165, 1.54) is 0 Å². The highest BCUT2D eigenvalue weighted by molar-refractivity contribution is 7.91. The van der Waals surface area contributed by atoms with E-state index < -0.39 is 9.84 Å². The number of sulfone groups is 1. The number of nitrogens with one attached hydrogen (secondary N) is 1. The molecule has 1 atom stereocenters. The number of aromatic nitrogens is 2. The van der Waals surface area contributed by atoms with Crippen molar-refractivity contribution in [2.75, 3.05) is 16.8 Å². The average Bonchev–Trinajstić information content (AvgIpc) is 3.12. The molecule has 1 aliphatic rings. The molecule has 0 saturated carbocycles. The lowest BCUT2D eigenvalue weighted by Crippen LogP contribution is -2.21. The highest BCUT2D eigenvalue weighted by Crippen LogP contribution is 2.31. The maximum Gasteiger partial charge on any atom is 0.229 e. The molecule has 1 aromatic heterocycles. The number of rotatable bonds is 4. The Hall–Kier alpha value is -1.86. The Morgan fingerprint density at radius 1 is 1.30 bits per heavy atom. The SMILES string of the molecule is CC(C)(C)c1cc(NC(=O)Cc2ccc(Cl)cc2)n(C2CCS(=O)(=O)C2)n1. The van der Waals surface area contributed by atoms with Crippen molar-refractivity contribution < 1.29 is 13.2 Å². The quantitative estimate of drug-likeness (QED) is 0.839. The van der Waals surface area contributed by atoms with Gasteiger partial charge >= 0.3 is 0 Å². The number of carbonyl (C=O) groups excluding carboxylic acids is 1. The van der Waals surface area contributed by atoms with E-state index in [1.807, 2.05) is 39.0 Å². The number of nitrogens with zero attached hydrogens (tertiary/aromatic N) is 2. The molecule has 1 unspecified atom stereocenters. The number of carbonyl (C=O) groups is 1. The van der Waals surface area contributed by atoms with E-state index in [4.69, 9.17) is 11.6 Å². The zero-order chi connectivity index (χ0) is 19.8. The van der Waals surface area contributed by atoms with Crippen LogP contribution < -0.4 is 5.32 Å². The summed E-state index contributed by atoms with van der Waals surface area (Å²) < 4.78 is 25.4. The molecular weight excluding hydrogens is 386 g/mol. The summed E-state index contributed by atoms with van der Waals surface area (Å²) in [5.74, 6) is 0.569. The van der Waals surface area contributed by atoms with Gasteiger partial charge in [0.25, 0.3) is 0 Å². The van der Waals surface area contributed by atoms with E-state index in [0.717, 1.165) is 11.3 Å². The van der Waals surface area contributed by atoms with Crippen LogP contribution in [0.3, 0.4) is 0 Å². The number of amides is 1. The van der Waals surface area contributed by atoms with Gasteiger partial charge in [0.2, 0.25) is 5.91 Å². The summed E-state index contributed by atoms with van der Waals surface area (Å²) in [5.41, 5.74) is 1.45. The first-order chi connectivity index (χ1) is 12.5. The van der Waals surface area contributed by atoms with Crippen LogP contribution in [0, 0.1) is 0 Å². The highest BCUT2D eigenvalue weighted by atomic mass is 35.5. The number of benzene rings is 1. The van der Waals surface area contributed by atoms with E-state index in [0.29, 0.717) is 17.3 Å². The van der Waals surface area contributed by atoms with E-state index in [1.54, 1.807) is 16.8 Å². The van der Waals surface area contributed by atoms with Crippen LogP contribution in [0.25, 0.3) is 0 Å². The molecule has 1 amide bonds. The molecule has 0 bridgehead atoms. The van der Waals surface area contributed by atoms with Crippen molar-refractivity contribution in [2.24, 2.45) is 0 Å². The van der Waals surface area contributed by atoms with Gasteiger partial charge in [0.15, 0.2) is 9.84 Å². The Morgan fingerprint density at radius 2 is 1.96 bits per heavy atom. The normalized spacial score (nSPS) is 19.2. The molecule has 1 N–H and O–H groups in total. The van der Waals surface area contributed by atoms with Crippen LogP contribution in [0.15, 0.2) is 30.3 Å². The molecule has 2 aromatic rings. The minimum Gasteiger partial charge on any atom is -0.311 e. The van der Waals surface area contributed by atoms with Gasteiger partial charge in [-0.3, -0.25) is 4.79 Å². The smallest absolute Gasteiger partial charge is 0.229 e. The summed E-state index contributed by atoms with van der Waals surface area (Å²) in [5, 5.41) is 8.14. The zero-order valence-corrected chi connectivity index (χ0v) is 17.3. The summed E-state index contributed by atoms with van der Waals surface area (Å²) in [4.78, 5) is 12.5. The van der Waals surface area contributed by atoms with Crippen molar-refractivity contribution in [3.05, 3.63) is 46.6 Å². The van der Waals surface area contributed by atoms with Gasteiger partial charge in [-0.15, -0.1) is 0 Å². The van der Waals surface area contributed by atoms with Gasteiger partial charge in [0, 0.05) is 16.5 Å². The van der Waals surface area contributed by atoms with Crippen molar-refractivity contribution in [1.82, 2.24) is 9.78 Å². The molecule has 1 aliphatic heterocycles. The van der Waals surface area contributed by atoms with Crippen LogP contribution >= 0.6 is 11.6 Å². The van der Waals surface area contributed by atoms with Gasteiger partial charge < -0.3 is 5.32 Å². The first-order valence-corrected chi connectivity index (χ1v) is 11.1. The molecule has 6 nitrogen and oxygen atoms in total. The van der Waals surface area contributed by atoms with Crippen LogP contribution in [0.1, 0.15) is 44.5 Å². The van der Waals surface area contributed by atoms with Crippen LogP contribution in [0.4, 0.5) is 5.82 Å². The van der Waals surface area contributed by atoms with Crippen LogP contribution in [0.2, 0.25) is 5.02 Å². The maximum atomic E-state index is 12.5. The minimum absolute atomic E-state index is 0.0539. The first kappa shape index (κ1) is 19.9. The zero-order valence-electron chi connectivity index (χ0n) is 15.7. The molecule has 8 heteroatoms. The first-order valence-electron chi connectivity index (χ1n) is 8.88. The van der Waals surface area contributed by atoms with Gasteiger partial charge in [0.05, 0.1) is 29.7 Å². The van der Waals surface area contributed by atoms with Crippen LogP contribution in [-0.4, -0.2) is 35.6 Å². The molecule has 146 valence electrons. The third kappa shape index (κ3) is 4.90. The summed E-state index contributed by atoms with van der Waals surface area (Å²) in [6.07, 6.45) is 0.712. The van der Waals surface area contributed by atoms with E-state index in [2.05, 4.69) is 10.4 Å². The molecule has 1 fully saturated rings. The van der Waals surface area contributed by atoms with E-state index >= 15 is 0 Å². The molecule has 0 radical (unpaired) electrons. The molecule has 1 saturated heterocycles. The van der Waals surface area contributed by atoms with Gasteiger partial charge in [-0.1, -0.05) is 44.5 Å². The topological polar surface area (TPSA) is 81.1 Å². The summed E-state index contributed by atoms with van der Waals surface area (Å²) in [6.45, 7) is 6.10. The van der Waals surface area contributed by atoms with Crippen molar-refractivity contribution in [1.29, 1.82) is 0 Å². The lowest BCUT2D eigenvalue weighted by atomic mass is 9.92. The Balaban J connectivity index is 1.83. The third-order valence-corrected chi connectivity index (χ3v) is 6.61. The van der Waals surface area contributed by atoms with Crippen LogP contribution in [0.5, 0.6) is 0 Å². The maximum absolute atomic E-state index is 12.5. The second-order valence-corrected chi connectivity index (χ2v) is 10.7. The number of halogens is 1. The molecule has 1 aromatic carbocycles. The Labute approximate surface area is 164 Å². The number of hydrogen-bond donors (Lipinski definition) is 1. The van der Waals surface area contributed by atoms with Gasteiger partial charge in [-0.2, -0.15) is 5.10 Å². The lowest BCUT2D eigenvalue weighted by molar-refractivity contribution is -0.115. The Morgan fingerprint density at radius 3 is 2.52 bits per heavy atom. The summed E-state index contributed by atoms with van der Waals surface area (Å²) >= 11 is 5.88. The Bertz CT molecular complexity index is 944. The monoisotopic (exact) mass is 409 g/mol. The minimum atomic E-state index is -3.05. The summed E-state index contributed by atoms with van der Waals surface area (Å²) in [6, 6.07) is 8.69. The van der Waals surface area contributed by atoms with Gasteiger partial charge in [-0.25, -0.2) is 13.1 Å². The highest BCUT2D eigenvalue weighted by Gasteiger charge is 2.32. The van der Waals surface area contributed by atoms with Crippen molar-refractivity contribution in [3.8, 4) is 0 Å². The molecule has 2 heterocycles. The fourth-order valence-corrected chi connectivity index (χ4v) is 4.89. The lowest BCUT2D eigenvalue weighted by Gasteiger charge is -2.15. The van der Waals surface area contributed by atoms with Gasteiger partial charge in [0.1, 0.15) is 5.82 Å². The van der Waals surface area contributed by atoms with Crippen molar-refractivity contribution in [2.45, 2.75) is 45.1 Å². The number of hydrogen-bond acceptors (Lipinski definition) is 4. The largest absolute Gasteiger partial charge is 0.311 e. The Kier molecular flexibility index (Phi) is 5.36. The molecule has 0 spiro atoms. The summed E-state index contributed by atoms with van der Waals surface area (Å²) in [7, 11) is -3.05. The third-order valence-electron chi connectivity index (χ3n) is 4.60. The fourth-order valence-electron chi connectivity index (χ4n) is 3.08. The molecule has 3 rings (SSSR count). The van der Waals surface area contributed by atoms with Crippen LogP contribution in [-0.2, 0) is 26.5 Å². The molecule has 0 aliphatic carbocycles. The second-order valence-electron chi connectivity index (χ2n) is 8.02. The predicted octanol–water partition coefficient (Wildman–Crippen LogP) is 3.37. The van der Waals surface area contributed by atoms with Crippen molar-refractivity contribution in [3.63, 3.8) is 0 Å². The fraction of sp³-hybridized carbons (Fsp3) is 0.474. The standard InChI is InChI=1S/C19H24ClN3O3S/c1-19(2,3)16-11-17(23(22-16)15-8-9-27(25,26)12-15)21-18(24)10-13-4-6-14(20)7-5-13/h4-7,11,15H,8-10,12H2,1-3H3,(H,21,24). The van der Waals surface area contributed by atoms with Crippen molar-refractivity contribution >= 4 is 33.2 Å². The average molecular weight is 410 g/mol. The van der Waals surface area contributed by atoms with E-state index in [-0.39, 0.29) is 35.3 Å². The molecule has 27 heavy (non-hydrogen) atoms. The number of anilines is 1.